The second-order valence-corrected chi connectivity index (χ2v) is 4.48. The van der Waals surface area contributed by atoms with Crippen molar-refractivity contribution in [2.24, 2.45) is 10.7 Å². The van der Waals surface area contributed by atoms with Crippen LogP contribution in [0, 0.1) is 5.82 Å². The fourth-order valence-electron chi connectivity index (χ4n) is 1.83. The second-order valence-electron chi connectivity index (χ2n) is 4.48. The molecule has 20 heavy (non-hydrogen) atoms. The number of hydrogen-bond acceptors (Lipinski definition) is 2. The van der Waals surface area contributed by atoms with E-state index >= 15 is 0 Å². The number of guanidine groups is 1. The summed E-state index contributed by atoms with van der Waals surface area (Å²) in [5, 5.41) is 0. The molecule has 0 aliphatic carbocycles. The molecule has 0 spiro atoms. The highest BCUT2D eigenvalue weighted by Gasteiger charge is 2.09. The Morgan fingerprint density at radius 1 is 1.35 bits per heavy atom. The Hall–Kier alpha value is -1.78. The van der Waals surface area contributed by atoms with Crippen molar-refractivity contribution in [3.8, 4) is 5.75 Å². The van der Waals surface area contributed by atoms with E-state index in [4.69, 9.17) is 10.5 Å². The van der Waals surface area contributed by atoms with Crippen molar-refractivity contribution in [1.82, 2.24) is 4.90 Å². The third kappa shape index (κ3) is 5.07. The Balaban J connectivity index is 2.61. The molecule has 4 nitrogen and oxygen atoms in total. The SMILES string of the molecule is CCC(CN=C(N)N(CC)CC)Oc1cccc(F)c1. The van der Waals surface area contributed by atoms with Crippen LogP contribution in [0.5, 0.6) is 5.75 Å². The molecule has 0 aromatic heterocycles. The van der Waals surface area contributed by atoms with Gasteiger partial charge in [0.15, 0.2) is 5.96 Å². The van der Waals surface area contributed by atoms with Gasteiger partial charge in [0.05, 0.1) is 6.54 Å². The van der Waals surface area contributed by atoms with Crippen molar-refractivity contribution in [2.75, 3.05) is 19.6 Å². The van der Waals surface area contributed by atoms with Crippen LogP contribution < -0.4 is 10.5 Å². The van der Waals surface area contributed by atoms with Crippen LogP contribution in [0.3, 0.4) is 0 Å². The van der Waals surface area contributed by atoms with Crippen LogP contribution in [-0.2, 0) is 0 Å². The molecule has 1 aromatic carbocycles. The van der Waals surface area contributed by atoms with Gasteiger partial charge in [0.25, 0.3) is 0 Å². The van der Waals surface area contributed by atoms with E-state index in [1.807, 2.05) is 25.7 Å². The summed E-state index contributed by atoms with van der Waals surface area (Å²) in [7, 11) is 0. The molecule has 0 fully saturated rings. The molecule has 0 radical (unpaired) electrons. The van der Waals surface area contributed by atoms with Gasteiger partial charge in [-0.05, 0) is 32.4 Å². The Labute approximate surface area is 120 Å². The molecule has 5 heteroatoms. The highest BCUT2D eigenvalue weighted by molar-refractivity contribution is 5.78. The van der Waals surface area contributed by atoms with Gasteiger partial charge in [-0.2, -0.15) is 0 Å². The van der Waals surface area contributed by atoms with Gasteiger partial charge in [-0.25, -0.2) is 9.38 Å². The lowest BCUT2D eigenvalue weighted by Gasteiger charge is -2.21. The fourth-order valence-corrected chi connectivity index (χ4v) is 1.83. The van der Waals surface area contributed by atoms with E-state index in [-0.39, 0.29) is 11.9 Å². The minimum Gasteiger partial charge on any atom is -0.488 e. The Kier molecular flexibility index (Phi) is 6.84. The van der Waals surface area contributed by atoms with E-state index < -0.39 is 0 Å². The first-order valence-electron chi connectivity index (χ1n) is 7.07. The molecule has 0 saturated carbocycles. The summed E-state index contributed by atoms with van der Waals surface area (Å²) in [6.45, 7) is 8.20. The van der Waals surface area contributed by atoms with E-state index in [0.29, 0.717) is 18.3 Å². The van der Waals surface area contributed by atoms with Crippen LogP contribution >= 0.6 is 0 Å². The lowest BCUT2D eigenvalue weighted by molar-refractivity contribution is 0.204. The molecule has 0 bridgehead atoms. The highest BCUT2D eigenvalue weighted by atomic mass is 19.1. The Bertz CT molecular complexity index is 433. The van der Waals surface area contributed by atoms with Crippen molar-refractivity contribution in [2.45, 2.75) is 33.3 Å². The van der Waals surface area contributed by atoms with E-state index in [1.54, 1.807) is 12.1 Å². The molecule has 0 amide bonds. The smallest absolute Gasteiger partial charge is 0.191 e. The average molecular weight is 281 g/mol. The standard InChI is InChI=1S/C15H24FN3O/c1-4-13(11-18-15(17)19(5-2)6-3)20-14-9-7-8-12(16)10-14/h7-10,13H,4-6,11H2,1-3H3,(H2,17,18). The molecule has 2 N–H and O–H groups in total. The van der Waals surface area contributed by atoms with Gasteiger partial charge in [0, 0.05) is 19.2 Å². The topological polar surface area (TPSA) is 50.8 Å². The van der Waals surface area contributed by atoms with Crippen molar-refractivity contribution in [1.29, 1.82) is 0 Å². The van der Waals surface area contributed by atoms with Gasteiger partial charge in [0.1, 0.15) is 17.7 Å². The molecular weight excluding hydrogens is 257 g/mol. The summed E-state index contributed by atoms with van der Waals surface area (Å²) in [6, 6.07) is 6.14. The van der Waals surface area contributed by atoms with Crippen LogP contribution in [0.4, 0.5) is 4.39 Å². The van der Waals surface area contributed by atoms with Gasteiger partial charge >= 0.3 is 0 Å². The summed E-state index contributed by atoms with van der Waals surface area (Å²) in [4.78, 5) is 6.34. The fraction of sp³-hybridized carbons (Fsp3) is 0.533. The number of ether oxygens (including phenoxy) is 1. The Morgan fingerprint density at radius 2 is 2.05 bits per heavy atom. The normalized spacial score (nSPS) is 13.1. The van der Waals surface area contributed by atoms with Crippen LogP contribution in [-0.4, -0.2) is 36.6 Å². The number of rotatable bonds is 7. The first kappa shape index (κ1) is 16.3. The number of halogens is 1. The zero-order valence-electron chi connectivity index (χ0n) is 12.5. The van der Waals surface area contributed by atoms with E-state index in [9.17, 15) is 4.39 Å². The van der Waals surface area contributed by atoms with Gasteiger partial charge in [0.2, 0.25) is 0 Å². The van der Waals surface area contributed by atoms with Crippen LogP contribution in [0.15, 0.2) is 29.3 Å². The summed E-state index contributed by atoms with van der Waals surface area (Å²) in [6.07, 6.45) is 0.678. The maximum Gasteiger partial charge on any atom is 0.191 e. The monoisotopic (exact) mass is 281 g/mol. The summed E-state index contributed by atoms with van der Waals surface area (Å²) < 4.78 is 18.8. The molecule has 112 valence electrons. The third-order valence-electron chi connectivity index (χ3n) is 3.10. The predicted molar refractivity (Wildman–Crippen MR) is 80.5 cm³/mol. The average Bonchev–Trinajstić information content (AvgIpc) is 2.44. The van der Waals surface area contributed by atoms with Gasteiger partial charge in [-0.3, -0.25) is 0 Å². The third-order valence-corrected chi connectivity index (χ3v) is 3.10. The maximum atomic E-state index is 13.1. The molecule has 1 aromatic rings. The van der Waals surface area contributed by atoms with Crippen LogP contribution in [0.2, 0.25) is 0 Å². The van der Waals surface area contributed by atoms with Gasteiger partial charge in [-0.1, -0.05) is 13.0 Å². The zero-order valence-corrected chi connectivity index (χ0v) is 12.5. The number of nitrogens with two attached hydrogens (primary N) is 1. The molecule has 1 rings (SSSR count). The van der Waals surface area contributed by atoms with Gasteiger partial charge < -0.3 is 15.4 Å². The molecular formula is C15H24FN3O. The van der Waals surface area contributed by atoms with Crippen LogP contribution in [0.1, 0.15) is 27.2 Å². The summed E-state index contributed by atoms with van der Waals surface area (Å²) in [5.41, 5.74) is 5.92. The lowest BCUT2D eigenvalue weighted by Crippen LogP contribution is -2.38. The minimum atomic E-state index is -0.302. The predicted octanol–water partition coefficient (Wildman–Crippen LogP) is 2.64. The minimum absolute atomic E-state index is 0.106. The Morgan fingerprint density at radius 3 is 2.60 bits per heavy atom. The van der Waals surface area contributed by atoms with E-state index in [1.165, 1.54) is 12.1 Å². The van der Waals surface area contributed by atoms with Crippen molar-refractivity contribution in [3.05, 3.63) is 30.1 Å². The van der Waals surface area contributed by atoms with Gasteiger partial charge in [-0.15, -0.1) is 0 Å². The molecule has 1 unspecified atom stereocenters. The number of hydrogen-bond donors (Lipinski definition) is 1. The lowest BCUT2D eigenvalue weighted by atomic mass is 10.2. The number of aliphatic imine (C=N–C) groups is 1. The highest BCUT2D eigenvalue weighted by Crippen LogP contribution is 2.15. The van der Waals surface area contributed by atoms with E-state index in [2.05, 4.69) is 4.99 Å². The summed E-state index contributed by atoms with van der Waals surface area (Å²) in [5.74, 6) is 0.744. The zero-order chi connectivity index (χ0) is 15.0. The maximum absolute atomic E-state index is 13.1. The van der Waals surface area contributed by atoms with Crippen LogP contribution in [0.25, 0.3) is 0 Å². The molecule has 0 aliphatic heterocycles. The first-order chi connectivity index (χ1) is 9.60. The first-order valence-corrected chi connectivity index (χ1v) is 7.07. The molecule has 1 atom stereocenters. The number of benzene rings is 1. The molecule has 0 saturated heterocycles. The van der Waals surface area contributed by atoms with Crippen molar-refractivity contribution >= 4 is 5.96 Å². The summed E-state index contributed by atoms with van der Waals surface area (Å²) >= 11 is 0. The largest absolute Gasteiger partial charge is 0.488 e. The molecule has 0 aliphatic rings. The van der Waals surface area contributed by atoms with Crippen molar-refractivity contribution in [3.63, 3.8) is 0 Å². The second kappa shape index (κ2) is 8.40. The van der Waals surface area contributed by atoms with Crippen molar-refractivity contribution < 1.29 is 9.13 Å². The molecule has 0 heterocycles. The quantitative estimate of drug-likeness (QED) is 0.617. The van der Waals surface area contributed by atoms with E-state index in [0.717, 1.165) is 19.5 Å². The number of nitrogens with zero attached hydrogens (tertiary/aromatic N) is 2.